The highest BCUT2D eigenvalue weighted by Gasteiger charge is 2.09. The van der Waals surface area contributed by atoms with Gasteiger partial charge in [0.1, 0.15) is 0 Å². The highest BCUT2D eigenvalue weighted by atomic mass is 15.1. The third-order valence-electron chi connectivity index (χ3n) is 3.13. The standard InChI is InChI=1S/C12H24N4/c1-9(2)16(5)7-6-13-10(3)12-8-14-15-11(12)4/h8-10,13H,6-7H2,1-5H3,(H,14,15). The molecule has 0 fully saturated rings. The van der Waals surface area contributed by atoms with Crippen LogP contribution >= 0.6 is 0 Å². The summed E-state index contributed by atoms with van der Waals surface area (Å²) in [5.41, 5.74) is 2.41. The lowest BCUT2D eigenvalue weighted by Gasteiger charge is -2.22. The molecule has 0 aliphatic carbocycles. The number of hydrogen-bond donors (Lipinski definition) is 2. The van der Waals surface area contributed by atoms with Crippen LogP contribution in [0.3, 0.4) is 0 Å². The Morgan fingerprint density at radius 2 is 2.12 bits per heavy atom. The summed E-state index contributed by atoms with van der Waals surface area (Å²) >= 11 is 0. The van der Waals surface area contributed by atoms with Gasteiger partial charge in [-0.3, -0.25) is 5.10 Å². The Hall–Kier alpha value is -0.870. The van der Waals surface area contributed by atoms with E-state index in [-0.39, 0.29) is 0 Å². The van der Waals surface area contributed by atoms with E-state index in [1.807, 2.05) is 6.20 Å². The fourth-order valence-electron chi connectivity index (χ4n) is 1.62. The van der Waals surface area contributed by atoms with Crippen molar-refractivity contribution in [2.75, 3.05) is 20.1 Å². The van der Waals surface area contributed by atoms with Crippen LogP contribution in [0.2, 0.25) is 0 Å². The van der Waals surface area contributed by atoms with Gasteiger partial charge in [0.25, 0.3) is 0 Å². The minimum absolute atomic E-state index is 0.360. The molecule has 1 aromatic heterocycles. The zero-order valence-electron chi connectivity index (χ0n) is 11.0. The van der Waals surface area contributed by atoms with Gasteiger partial charge in [-0.25, -0.2) is 0 Å². The predicted molar refractivity (Wildman–Crippen MR) is 67.5 cm³/mol. The first-order chi connectivity index (χ1) is 7.52. The SMILES string of the molecule is Cc1[nH]ncc1C(C)NCCN(C)C(C)C. The number of aryl methyl sites for hydroxylation is 1. The largest absolute Gasteiger partial charge is 0.309 e. The Bertz CT molecular complexity index is 306. The fourth-order valence-corrected chi connectivity index (χ4v) is 1.62. The van der Waals surface area contributed by atoms with Crippen molar-refractivity contribution in [3.63, 3.8) is 0 Å². The molecular formula is C12H24N4. The second kappa shape index (κ2) is 6.01. The van der Waals surface area contributed by atoms with E-state index in [1.165, 1.54) is 5.56 Å². The number of hydrogen-bond acceptors (Lipinski definition) is 3. The maximum absolute atomic E-state index is 4.04. The van der Waals surface area contributed by atoms with Gasteiger partial charge in [-0.05, 0) is 34.7 Å². The molecule has 92 valence electrons. The van der Waals surface area contributed by atoms with Crippen molar-refractivity contribution in [1.29, 1.82) is 0 Å². The van der Waals surface area contributed by atoms with E-state index in [4.69, 9.17) is 0 Å². The molecule has 0 aliphatic rings. The van der Waals surface area contributed by atoms with Gasteiger partial charge in [-0.1, -0.05) is 0 Å². The summed E-state index contributed by atoms with van der Waals surface area (Å²) in [5, 5.41) is 10.5. The summed E-state index contributed by atoms with van der Waals surface area (Å²) in [7, 11) is 2.15. The number of aromatic amines is 1. The first-order valence-corrected chi connectivity index (χ1v) is 5.96. The molecule has 0 bridgehead atoms. The number of rotatable bonds is 6. The Kier molecular flexibility index (Phi) is 4.96. The average molecular weight is 224 g/mol. The molecule has 0 aromatic carbocycles. The zero-order chi connectivity index (χ0) is 12.1. The summed E-state index contributed by atoms with van der Waals surface area (Å²) in [6, 6.07) is 0.965. The topological polar surface area (TPSA) is 44.0 Å². The third kappa shape index (κ3) is 3.61. The number of nitrogens with zero attached hydrogens (tertiary/aromatic N) is 2. The van der Waals surface area contributed by atoms with Gasteiger partial charge in [0.05, 0.1) is 6.20 Å². The lowest BCUT2D eigenvalue weighted by atomic mass is 10.1. The molecule has 0 spiro atoms. The number of aromatic nitrogens is 2. The molecule has 1 unspecified atom stereocenters. The maximum atomic E-state index is 4.04. The molecule has 0 saturated carbocycles. The van der Waals surface area contributed by atoms with Crippen LogP contribution in [0.15, 0.2) is 6.20 Å². The van der Waals surface area contributed by atoms with Crippen LogP contribution in [0.4, 0.5) is 0 Å². The average Bonchev–Trinajstić information content (AvgIpc) is 2.64. The third-order valence-corrected chi connectivity index (χ3v) is 3.13. The lowest BCUT2D eigenvalue weighted by Crippen LogP contribution is -2.34. The number of likely N-dealkylation sites (N-methyl/N-ethyl adjacent to an activating group) is 1. The Balaban J connectivity index is 2.31. The summed E-state index contributed by atoms with van der Waals surface area (Å²) in [5.74, 6) is 0. The Morgan fingerprint density at radius 1 is 1.44 bits per heavy atom. The van der Waals surface area contributed by atoms with E-state index >= 15 is 0 Å². The number of nitrogens with one attached hydrogen (secondary N) is 2. The molecule has 1 rings (SSSR count). The molecule has 0 radical (unpaired) electrons. The van der Waals surface area contributed by atoms with E-state index < -0.39 is 0 Å². The normalized spacial score (nSPS) is 13.7. The van der Waals surface area contributed by atoms with Crippen molar-refractivity contribution in [2.45, 2.75) is 39.8 Å². The second-order valence-corrected chi connectivity index (χ2v) is 4.70. The molecule has 4 nitrogen and oxygen atoms in total. The van der Waals surface area contributed by atoms with Crippen molar-refractivity contribution < 1.29 is 0 Å². The highest BCUT2D eigenvalue weighted by Crippen LogP contribution is 2.13. The van der Waals surface area contributed by atoms with Gasteiger partial charge in [0, 0.05) is 36.4 Å². The zero-order valence-corrected chi connectivity index (χ0v) is 11.0. The Morgan fingerprint density at radius 3 is 2.62 bits per heavy atom. The monoisotopic (exact) mass is 224 g/mol. The Labute approximate surface area is 98.4 Å². The van der Waals surface area contributed by atoms with Gasteiger partial charge >= 0.3 is 0 Å². The van der Waals surface area contributed by atoms with Gasteiger partial charge in [-0.15, -0.1) is 0 Å². The molecule has 1 heterocycles. The van der Waals surface area contributed by atoms with Crippen LogP contribution < -0.4 is 5.32 Å². The van der Waals surface area contributed by atoms with Crippen LogP contribution in [0.5, 0.6) is 0 Å². The summed E-state index contributed by atoms with van der Waals surface area (Å²) in [6.07, 6.45) is 1.90. The molecule has 4 heteroatoms. The smallest absolute Gasteiger partial charge is 0.0537 e. The molecule has 16 heavy (non-hydrogen) atoms. The predicted octanol–water partition coefficient (Wildman–Crippen LogP) is 1.71. The van der Waals surface area contributed by atoms with E-state index in [1.54, 1.807) is 0 Å². The molecule has 0 saturated heterocycles. The minimum Gasteiger partial charge on any atom is -0.309 e. The highest BCUT2D eigenvalue weighted by molar-refractivity contribution is 5.18. The molecule has 0 aliphatic heterocycles. The lowest BCUT2D eigenvalue weighted by molar-refractivity contribution is 0.270. The van der Waals surface area contributed by atoms with Gasteiger partial charge in [0.15, 0.2) is 0 Å². The van der Waals surface area contributed by atoms with Crippen LogP contribution in [0.1, 0.15) is 38.1 Å². The molecule has 1 aromatic rings. The molecule has 2 N–H and O–H groups in total. The second-order valence-electron chi connectivity index (χ2n) is 4.70. The van der Waals surface area contributed by atoms with E-state index in [0.29, 0.717) is 12.1 Å². The maximum Gasteiger partial charge on any atom is 0.0537 e. The van der Waals surface area contributed by atoms with Gasteiger partial charge in [-0.2, -0.15) is 5.10 Å². The van der Waals surface area contributed by atoms with Crippen molar-refractivity contribution in [3.8, 4) is 0 Å². The summed E-state index contributed by atoms with van der Waals surface area (Å²) in [6.45, 7) is 10.7. The van der Waals surface area contributed by atoms with Crippen molar-refractivity contribution in [1.82, 2.24) is 20.4 Å². The van der Waals surface area contributed by atoms with Crippen molar-refractivity contribution in [3.05, 3.63) is 17.5 Å². The molecular weight excluding hydrogens is 200 g/mol. The van der Waals surface area contributed by atoms with Crippen molar-refractivity contribution >= 4 is 0 Å². The molecule has 1 atom stereocenters. The van der Waals surface area contributed by atoms with Crippen molar-refractivity contribution in [2.24, 2.45) is 0 Å². The van der Waals surface area contributed by atoms with Gasteiger partial charge < -0.3 is 10.2 Å². The molecule has 0 amide bonds. The first kappa shape index (κ1) is 13.2. The van der Waals surface area contributed by atoms with Crippen LogP contribution in [0.25, 0.3) is 0 Å². The fraction of sp³-hybridized carbons (Fsp3) is 0.750. The van der Waals surface area contributed by atoms with Crippen LogP contribution in [-0.4, -0.2) is 41.3 Å². The summed E-state index contributed by atoms with van der Waals surface area (Å²) in [4.78, 5) is 2.34. The number of H-pyrrole nitrogens is 1. The van der Waals surface area contributed by atoms with Gasteiger partial charge in [0.2, 0.25) is 0 Å². The van der Waals surface area contributed by atoms with E-state index in [0.717, 1.165) is 18.8 Å². The van der Waals surface area contributed by atoms with E-state index in [2.05, 4.69) is 55.2 Å². The summed E-state index contributed by atoms with van der Waals surface area (Å²) < 4.78 is 0. The quantitative estimate of drug-likeness (QED) is 0.773. The van der Waals surface area contributed by atoms with Crippen LogP contribution in [-0.2, 0) is 0 Å². The van der Waals surface area contributed by atoms with Crippen LogP contribution in [0, 0.1) is 6.92 Å². The first-order valence-electron chi connectivity index (χ1n) is 5.96. The minimum atomic E-state index is 0.360. The van der Waals surface area contributed by atoms with E-state index in [9.17, 15) is 0 Å².